The lowest BCUT2D eigenvalue weighted by atomic mass is 10.1. The third kappa shape index (κ3) is 1.30. The van der Waals surface area contributed by atoms with Crippen molar-refractivity contribution in [2.24, 2.45) is 0 Å². The minimum atomic E-state index is -2.90. The molecule has 2 heteroatoms. The van der Waals surface area contributed by atoms with Crippen LogP contribution in [0, 0.1) is 0 Å². The minimum absolute atomic E-state index is 0.129. The molecule has 1 N–H and O–H groups in total. The molecule has 0 aliphatic carbocycles. The van der Waals surface area contributed by atoms with Gasteiger partial charge in [-0.25, -0.2) is 0 Å². The summed E-state index contributed by atoms with van der Waals surface area (Å²) in [7, 11) is 0. The quantitative estimate of drug-likeness (QED) is 0.718. The maximum Gasteiger partial charge on any atom is 0.122 e. The fourth-order valence-electron chi connectivity index (χ4n) is 1.33. The predicted molar refractivity (Wildman–Crippen MR) is 46.4 cm³/mol. The summed E-state index contributed by atoms with van der Waals surface area (Å²) in [5, 5.41) is 9.17. The molecule has 1 heterocycles. The summed E-state index contributed by atoms with van der Waals surface area (Å²) in [5.74, 6) is 0.707. The second-order valence-electron chi connectivity index (χ2n) is 2.66. The highest BCUT2D eigenvalue weighted by Crippen LogP contribution is 2.25. The van der Waals surface area contributed by atoms with Crippen molar-refractivity contribution < 1.29 is 15.3 Å². The molecule has 1 aromatic rings. The molecule has 0 aromatic heterocycles. The smallest absolute Gasteiger partial charge is 0.122 e. The zero-order chi connectivity index (χ0) is 12.0. The van der Waals surface area contributed by atoms with Gasteiger partial charge in [-0.05, 0) is 23.6 Å². The van der Waals surface area contributed by atoms with Crippen LogP contribution in [0.5, 0.6) is 5.75 Å². The Kier molecular flexibility index (Phi) is 1.12. The molecule has 0 unspecified atom stereocenters. The highest BCUT2D eigenvalue weighted by molar-refractivity contribution is 5.39. The maximum absolute atomic E-state index is 9.17. The first-order valence-electron chi connectivity index (χ1n) is 5.81. The number of hydrogen-bond donors (Lipinski definition) is 1. The molecule has 64 valence electrons. The van der Waals surface area contributed by atoms with Gasteiger partial charge in [0.1, 0.15) is 5.75 Å². The van der Waals surface area contributed by atoms with Gasteiger partial charge in [0, 0.05) is 15.7 Å². The zero-order valence-corrected chi connectivity index (χ0v) is 6.50. The summed E-state index contributed by atoms with van der Waals surface area (Å²) in [6.07, 6.45) is -1.74. The fraction of sp³-hybridized carbons (Fsp3) is 0.400. The van der Waals surface area contributed by atoms with Crippen LogP contribution in [0.3, 0.4) is 0 Å². The van der Waals surface area contributed by atoms with Crippen LogP contribution in [0.2, 0.25) is 0 Å². The average Bonchev–Trinajstić information content (AvgIpc) is 2.61. The van der Waals surface area contributed by atoms with Crippen LogP contribution in [0.15, 0.2) is 18.2 Å². The number of fused-ring (bicyclic) bond motifs is 1. The van der Waals surface area contributed by atoms with E-state index >= 15 is 0 Å². The van der Waals surface area contributed by atoms with E-state index in [0.717, 1.165) is 5.56 Å². The molecule has 0 saturated carbocycles. The molecule has 0 amide bonds. The number of aliphatic hydroxyl groups is 1. The maximum atomic E-state index is 9.17. The highest BCUT2D eigenvalue weighted by Gasteiger charge is 2.11. The van der Waals surface area contributed by atoms with E-state index in [1.54, 1.807) is 12.1 Å². The molecular weight excluding hydrogens is 152 g/mol. The molecular formula is C10H12O2. The lowest BCUT2D eigenvalue weighted by Gasteiger charge is -2.01. The molecule has 1 aliphatic heterocycles. The molecule has 1 aliphatic rings. The van der Waals surface area contributed by atoms with Crippen LogP contribution in [0.25, 0.3) is 0 Å². The van der Waals surface area contributed by atoms with Gasteiger partial charge < -0.3 is 9.84 Å². The van der Waals surface area contributed by atoms with Crippen molar-refractivity contribution in [2.45, 2.75) is 12.8 Å². The Bertz CT molecular complexity index is 412. The van der Waals surface area contributed by atoms with E-state index in [2.05, 4.69) is 0 Å². The SMILES string of the molecule is [2H]C([2H])(O)C([2H])([2H])c1ccc2c(c1)CCO2. The van der Waals surface area contributed by atoms with E-state index in [4.69, 9.17) is 10.2 Å². The van der Waals surface area contributed by atoms with Crippen LogP contribution >= 0.6 is 0 Å². The van der Waals surface area contributed by atoms with Crippen molar-refractivity contribution in [3.8, 4) is 5.75 Å². The van der Waals surface area contributed by atoms with E-state index in [1.165, 1.54) is 6.07 Å². The van der Waals surface area contributed by atoms with Gasteiger partial charge in [0.05, 0.1) is 9.35 Å². The van der Waals surface area contributed by atoms with Crippen LogP contribution in [0.4, 0.5) is 0 Å². The van der Waals surface area contributed by atoms with E-state index in [0.29, 0.717) is 18.8 Å². The summed E-state index contributed by atoms with van der Waals surface area (Å²) in [5.41, 5.74) is 0.981. The second-order valence-corrected chi connectivity index (χ2v) is 2.66. The third-order valence-electron chi connectivity index (χ3n) is 1.89. The Labute approximate surface area is 77.4 Å². The Hall–Kier alpha value is -1.02. The van der Waals surface area contributed by atoms with Gasteiger partial charge in [0.2, 0.25) is 0 Å². The van der Waals surface area contributed by atoms with Gasteiger partial charge in [-0.1, -0.05) is 12.1 Å². The molecule has 2 nitrogen and oxygen atoms in total. The third-order valence-corrected chi connectivity index (χ3v) is 1.89. The Morgan fingerprint density at radius 1 is 1.58 bits per heavy atom. The summed E-state index contributed by atoms with van der Waals surface area (Å²) in [6.45, 7) is -2.34. The van der Waals surface area contributed by atoms with Crippen LogP contribution < -0.4 is 4.74 Å². The monoisotopic (exact) mass is 168 g/mol. The lowest BCUT2D eigenvalue weighted by Crippen LogP contribution is -1.90. The first kappa shape index (κ1) is 4.28. The van der Waals surface area contributed by atoms with E-state index in [1.807, 2.05) is 0 Å². The first-order chi connectivity index (χ1) is 7.32. The van der Waals surface area contributed by atoms with Crippen molar-refractivity contribution in [1.82, 2.24) is 0 Å². The predicted octanol–water partition coefficient (Wildman–Crippen LogP) is 1.16. The molecule has 0 bridgehead atoms. The Balaban J connectivity index is 2.42. The molecule has 0 atom stereocenters. The van der Waals surface area contributed by atoms with Gasteiger partial charge in [-0.15, -0.1) is 0 Å². The van der Waals surface area contributed by atoms with E-state index < -0.39 is 12.9 Å². The van der Waals surface area contributed by atoms with Crippen molar-refractivity contribution >= 4 is 0 Å². The van der Waals surface area contributed by atoms with Crippen molar-refractivity contribution in [2.75, 3.05) is 13.2 Å². The van der Waals surface area contributed by atoms with E-state index in [-0.39, 0.29) is 5.56 Å². The van der Waals surface area contributed by atoms with Crippen LogP contribution in [0.1, 0.15) is 16.6 Å². The summed E-state index contributed by atoms with van der Waals surface area (Å²) in [4.78, 5) is 0. The summed E-state index contributed by atoms with van der Waals surface area (Å²) in [6, 6.07) is 4.61. The number of benzene rings is 1. The number of rotatable bonds is 2. The molecule has 0 fully saturated rings. The molecule has 0 spiro atoms. The van der Waals surface area contributed by atoms with Gasteiger partial charge in [0.15, 0.2) is 0 Å². The second kappa shape index (κ2) is 3.15. The number of aryl methyl sites for hydroxylation is 1. The highest BCUT2D eigenvalue weighted by atomic mass is 16.5. The summed E-state index contributed by atoms with van der Waals surface area (Å²) < 4.78 is 34.6. The zero-order valence-electron chi connectivity index (χ0n) is 10.5. The standard InChI is InChI=1S/C10H12O2/c11-5-3-8-1-2-10-9(7-8)4-6-12-10/h1-2,7,11H,3-6H2/i3D2,5D2. The Morgan fingerprint density at radius 2 is 2.50 bits per heavy atom. The Morgan fingerprint density at radius 3 is 3.33 bits per heavy atom. The normalized spacial score (nSPS) is 21.4. The molecule has 0 radical (unpaired) electrons. The molecule has 0 saturated heterocycles. The molecule has 12 heavy (non-hydrogen) atoms. The molecule has 2 rings (SSSR count). The average molecular weight is 168 g/mol. The van der Waals surface area contributed by atoms with E-state index in [9.17, 15) is 5.11 Å². The largest absolute Gasteiger partial charge is 0.493 e. The van der Waals surface area contributed by atoms with Crippen LogP contribution in [-0.2, 0) is 12.8 Å². The van der Waals surface area contributed by atoms with Gasteiger partial charge >= 0.3 is 0 Å². The van der Waals surface area contributed by atoms with Gasteiger partial charge in [-0.3, -0.25) is 0 Å². The lowest BCUT2D eigenvalue weighted by molar-refractivity contribution is 0.299. The minimum Gasteiger partial charge on any atom is -0.493 e. The van der Waals surface area contributed by atoms with Crippen molar-refractivity contribution in [3.05, 3.63) is 29.3 Å². The van der Waals surface area contributed by atoms with Gasteiger partial charge in [0.25, 0.3) is 0 Å². The van der Waals surface area contributed by atoms with Gasteiger partial charge in [-0.2, -0.15) is 0 Å². The number of hydrogen-bond acceptors (Lipinski definition) is 2. The molecule has 1 aromatic carbocycles. The number of ether oxygens (including phenoxy) is 1. The van der Waals surface area contributed by atoms with Crippen molar-refractivity contribution in [1.29, 1.82) is 0 Å². The first-order valence-corrected chi connectivity index (χ1v) is 3.81. The summed E-state index contributed by atoms with van der Waals surface area (Å²) >= 11 is 0. The topological polar surface area (TPSA) is 29.5 Å². The van der Waals surface area contributed by atoms with Crippen molar-refractivity contribution in [3.63, 3.8) is 0 Å². The van der Waals surface area contributed by atoms with Crippen LogP contribution in [-0.4, -0.2) is 18.3 Å². The fourth-order valence-corrected chi connectivity index (χ4v) is 1.33.